The Morgan fingerprint density at radius 1 is 0.902 bits per heavy atom. The van der Waals surface area contributed by atoms with Gasteiger partial charge in [-0.05, 0) is 16.7 Å². The molecule has 0 amide bonds. The molecule has 11 nitrogen and oxygen atoms in total. The second-order valence-corrected chi connectivity index (χ2v) is 10.6. The van der Waals surface area contributed by atoms with Gasteiger partial charge < -0.3 is 19.8 Å². The van der Waals surface area contributed by atoms with Crippen molar-refractivity contribution in [3.63, 3.8) is 0 Å². The lowest BCUT2D eigenvalue weighted by atomic mass is 9.80. The second-order valence-electron chi connectivity index (χ2n) is 9.60. The molecule has 5 aromatic rings. The van der Waals surface area contributed by atoms with Gasteiger partial charge >= 0.3 is 10.4 Å². The molecule has 1 aliphatic rings. The third kappa shape index (κ3) is 5.19. The maximum Gasteiger partial charge on any atom is 0.397 e. The Morgan fingerprint density at radius 2 is 1.46 bits per heavy atom. The number of imidazole rings is 1. The zero-order valence-electron chi connectivity index (χ0n) is 21.7. The Hall–Kier alpha value is -4.20. The minimum atomic E-state index is -4.86. The van der Waals surface area contributed by atoms with Crippen LogP contribution in [0.15, 0.2) is 104 Å². The van der Waals surface area contributed by atoms with Crippen LogP contribution in [0.4, 0.5) is 5.82 Å². The van der Waals surface area contributed by atoms with Crippen molar-refractivity contribution in [2.24, 2.45) is 0 Å². The molecule has 0 spiro atoms. The van der Waals surface area contributed by atoms with E-state index in [-0.39, 0.29) is 19.0 Å². The van der Waals surface area contributed by atoms with Crippen molar-refractivity contribution >= 4 is 27.4 Å². The van der Waals surface area contributed by atoms with Crippen LogP contribution in [-0.4, -0.2) is 57.9 Å². The molecule has 2 aromatic heterocycles. The molecule has 3 N–H and O–H groups in total. The summed E-state index contributed by atoms with van der Waals surface area (Å²) in [6.07, 6.45) is 0.696. The molecule has 1 aliphatic heterocycles. The Labute approximate surface area is 236 Å². The molecule has 0 aliphatic carbocycles. The van der Waals surface area contributed by atoms with Crippen molar-refractivity contribution in [3.05, 3.63) is 120 Å². The normalized spacial score (nSPS) is 19.5. The van der Waals surface area contributed by atoms with Crippen LogP contribution >= 0.6 is 0 Å². The highest BCUT2D eigenvalue weighted by molar-refractivity contribution is 7.80. The van der Waals surface area contributed by atoms with E-state index in [2.05, 4.69) is 15.0 Å². The van der Waals surface area contributed by atoms with E-state index in [1.54, 1.807) is 4.57 Å². The van der Waals surface area contributed by atoms with Crippen LogP contribution in [0.25, 0.3) is 11.2 Å². The quantitative estimate of drug-likeness (QED) is 0.198. The van der Waals surface area contributed by atoms with E-state index in [4.69, 9.17) is 19.4 Å². The fourth-order valence-corrected chi connectivity index (χ4v) is 5.93. The zero-order valence-corrected chi connectivity index (χ0v) is 22.5. The number of anilines is 1. The first-order chi connectivity index (χ1) is 19.9. The standard InChI is InChI=1S/C29H27N5O6S/c30-27-25-28(32-18-31-27)34(19-33-25)23-16-38-24(26(23)40-41(35,36)37)17-39-29(20-10-4-1-5-11-20,21-12-6-2-7-13-21)22-14-8-3-9-15-22/h1-15,18-19,23-24,26H,16-17H2,(H2,30,31,32)(H,35,36,37)/t23-,24-,26+/m0/s1. The van der Waals surface area contributed by atoms with Crippen LogP contribution < -0.4 is 5.73 Å². The lowest BCUT2D eigenvalue weighted by molar-refractivity contribution is -0.0665. The number of ether oxygens (including phenoxy) is 2. The summed E-state index contributed by atoms with van der Waals surface area (Å²) >= 11 is 0. The van der Waals surface area contributed by atoms with Crippen molar-refractivity contribution in [2.45, 2.75) is 23.9 Å². The average molecular weight is 574 g/mol. The van der Waals surface area contributed by atoms with Gasteiger partial charge in [0, 0.05) is 0 Å². The van der Waals surface area contributed by atoms with E-state index in [1.165, 1.54) is 12.7 Å². The van der Waals surface area contributed by atoms with Gasteiger partial charge in [0.1, 0.15) is 29.7 Å². The summed E-state index contributed by atoms with van der Waals surface area (Å²) in [5, 5.41) is 0. The minimum Gasteiger partial charge on any atom is -0.382 e. The number of hydrogen-bond donors (Lipinski definition) is 2. The summed E-state index contributed by atoms with van der Waals surface area (Å²) in [6, 6.07) is 28.5. The Morgan fingerprint density at radius 3 is 2.00 bits per heavy atom. The van der Waals surface area contributed by atoms with Gasteiger partial charge in [-0.15, -0.1) is 0 Å². The topological polar surface area (TPSA) is 152 Å². The van der Waals surface area contributed by atoms with Crippen LogP contribution in [0.5, 0.6) is 0 Å². The fourth-order valence-electron chi connectivity index (χ4n) is 5.40. The van der Waals surface area contributed by atoms with Gasteiger partial charge in [-0.3, -0.25) is 4.55 Å². The molecule has 12 heteroatoms. The molecule has 1 fully saturated rings. The number of nitrogens with zero attached hydrogens (tertiary/aromatic N) is 4. The molecule has 210 valence electrons. The van der Waals surface area contributed by atoms with Gasteiger partial charge in [0.25, 0.3) is 0 Å². The lowest BCUT2D eigenvalue weighted by Gasteiger charge is -2.37. The third-order valence-corrected chi connectivity index (χ3v) is 7.67. The molecule has 0 bridgehead atoms. The molecule has 41 heavy (non-hydrogen) atoms. The number of nitrogens with two attached hydrogens (primary N) is 1. The van der Waals surface area contributed by atoms with Gasteiger partial charge in [0.05, 0.1) is 25.6 Å². The zero-order chi connectivity index (χ0) is 28.5. The molecule has 3 atom stereocenters. The first-order valence-corrected chi connectivity index (χ1v) is 14.2. The maximum absolute atomic E-state index is 12.0. The second kappa shape index (κ2) is 11.0. The fraction of sp³-hybridized carbons (Fsp3) is 0.207. The van der Waals surface area contributed by atoms with Crippen LogP contribution in [-0.2, 0) is 29.7 Å². The van der Waals surface area contributed by atoms with E-state index >= 15 is 0 Å². The monoisotopic (exact) mass is 573 g/mol. The summed E-state index contributed by atoms with van der Waals surface area (Å²) in [4.78, 5) is 12.5. The number of rotatable bonds is 9. The minimum absolute atomic E-state index is 0.0403. The first-order valence-electron chi connectivity index (χ1n) is 12.9. The average Bonchev–Trinajstić information content (AvgIpc) is 3.59. The highest BCUT2D eigenvalue weighted by Crippen LogP contribution is 2.42. The molecule has 3 heterocycles. The van der Waals surface area contributed by atoms with Gasteiger partial charge in [-0.25, -0.2) is 19.1 Å². The molecule has 0 radical (unpaired) electrons. The predicted octanol–water partition coefficient (Wildman–Crippen LogP) is 3.55. The molecule has 1 saturated heterocycles. The van der Waals surface area contributed by atoms with Crippen LogP contribution in [0.2, 0.25) is 0 Å². The Balaban J connectivity index is 1.40. The number of aromatic nitrogens is 4. The Bertz CT molecular complexity index is 1640. The van der Waals surface area contributed by atoms with E-state index in [1.807, 2.05) is 91.0 Å². The van der Waals surface area contributed by atoms with Crippen LogP contribution in [0, 0.1) is 0 Å². The van der Waals surface area contributed by atoms with Crippen molar-refractivity contribution in [1.82, 2.24) is 19.5 Å². The van der Waals surface area contributed by atoms with Crippen molar-refractivity contribution in [1.29, 1.82) is 0 Å². The van der Waals surface area contributed by atoms with Gasteiger partial charge in [-0.2, -0.15) is 8.42 Å². The van der Waals surface area contributed by atoms with Crippen LogP contribution in [0.1, 0.15) is 22.7 Å². The molecule has 0 unspecified atom stereocenters. The lowest BCUT2D eigenvalue weighted by Crippen LogP contribution is -2.40. The third-order valence-electron chi connectivity index (χ3n) is 7.21. The van der Waals surface area contributed by atoms with E-state index in [0.29, 0.717) is 11.2 Å². The van der Waals surface area contributed by atoms with Gasteiger partial charge in [-0.1, -0.05) is 91.0 Å². The molecule has 6 rings (SSSR count). The van der Waals surface area contributed by atoms with Gasteiger partial charge in [0.15, 0.2) is 11.5 Å². The van der Waals surface area contributed by atoms with Crippen LogP contribution in [0.3, 0.4) is 0 Å². The number of benzene rings is 3. The van der Waals surface area contributed by atoms with E-state index in [0.717, 1.165) is 16.7 Å². The summed E-state index contributed by atoms with van der Waals surface area (Å²) < 4.78 is 53.4. The first kappa shape index (κ1) is 27.0. The Kier molecular flexibility index (Phi) is 7.24. The van der Waals surface area contributed by atoms with Crippen molar-refractivity contribution < 1.29 is 26.6 Å². The van der Waals surface area contributed by atoms with Crippen molar-refractivity contribution in [3.8, 4) is 0 Å². The number of fused-ring (bicyclic) bond motifs is 1. The molecular formula is C29H27N5O6S. The van der Waals surface area contributed by atoms with Gasteiger partial charge in [0.2, 0.25) is 0 Å². The summed E-state index contributed by atoms with van der Waals surface area (Å²) in [7, 11) is -4.86. The van der Waals surface area contributed by atoms with E-state index < -0.39 is 34.2 Å². The van der Waals surface area contributed by atoms with Crippen molar-refractivity contribution in [2.75, 3.05) is 18.9 Å². The molecular weight excluding hydrogens is 546 g/mol. The number of nitrogen functional groups attached to an aromatic ring is 1. The molecule has 3 aromatic carbocycles. The predicted molar refractivity (Wildman–Crippen MR) is 150 cm³/mol. The largest absolute Gasteiger partial charge is 0.397 e. The van der Waals surface area contributed by atoms with E-state index in [9.17, 15) is 13.0 Å². The summed E-state index contributed by atoms with van der Waals surface area (Å²) in [5.74, 6) is 0.179. The summed E-state index contributed by atoms with van der Waals surface area (Å²) in [6.45, 7) is -0.0439. The SMILES string of the molecule is Nc1ncnc2c1ncn2[C@H]1CO[C@@H](COC(c2ccccc2)(c2ccccc2)c2ccccc2)[C@@H]1OS(=O)(=O)O. The highest BCUT2D eigenvalue weighted by atomic mass is 32.3. The highest BCUT2D eigenvalue weighted by Gasteiger charge is 2.46. The summed E-state index contributed by atoms with van der Waals surface area (Å²) in [5.41, 5.74) is 8.21. The smallest absolute Gasteiger partial charge is 0.382 e. The number of hydrogen-bond acceptors (Lipinski definition) is 9. The maximum atomic E-state index is 12.0. The molecule has 0 saturated carbocycles.